The van der Waals surface area contributed by atoms with Gasteiger partial charge >= 0.3 is 0 Å². The van der Waals surface area contributed by atoms with Crippen LogP contribution in [0.2, 0.25) is 0 Å². The highest BCUT2D eigenvalue weighted by molar-refractivity contribution is 5.97. The molecule has 0 saturated carbocycles. The maximum Gasteiger partial charge on any atom is 0.267 e. The molecule has 0 bridgehead atoms. The molecule has 1 aromatic carbocycles. The van der Waals surface area contributed by atoms with Crippen LogP contribution in [0.25, 0.3) is 10.9 Å². The molecule has 23 heavy (non-hydrogen) atoms. The van der Waals surface area contributed by atoms with Gasteiger partial charge in [0.2, 0.25) is 0 Å². The Bertz CT molecular complexity index is 626. The number of nitrogens with zero attached hydrogens (tertiary/aromatic N) is 1. The van der Waals surface area contributed by atoms with E-state index in [-0.39, 0.29) is 12.5 Å². The summed E-state index contributed by atoms with van der Waals surface area (Å²) in [6.07, 6.45) is 1.85. The van der Waals surface area contributed by atoms with Gasteiger partial charge in [0, 0.05) is 24.0 Å². The Kier molecular flexibility index (Phi) is 4.98. The first kappa shape index (κ1) is 16.0. The highest BCUT2D eigenvalue weighted by atomic mass is 16.3. The van der Waals surface area contributed by atoms with Crippen LogP contribution in [0.1, 0.15) is 30.3 Å². The molecule has 3 N–H and O–H groups in total. The number of aromatic nitrogens is 1. The van der Waals surface area contributed by atoms with Crippen LogP contribution in [0.5, 0.6) is 0 Å². The number of piperidine rings is 1. The smallest absolute Gasteiger partial charge is 0.267 e. The minimum atomic E-state index is -0.531. The second kappa shape index (κ2) is 7.15. The first-order valence-electron chi connectivity index (χ1n) is 8.38. The molecule has 2 aromatic rings. The molecule has 2 heterocycles. The van der Waals surface area contributed by atoms with Gasteiger partial charge in [-0.3, -0.25) is 4.79 Å². The Labute approximate surface area is 136 Å². The highest BCUT2D eigenvalue weighted by Gasteiger charge is 2.19. The number of para-hydroxylation sites is 1. The topological polar surface area (TPSA) is 68.4 Å². The van der Waals surface area contributed by atoms with E-state index in [2.05, 4.69) is 22.1 Å². The zero-order chi connectivity index (χ0) is 16.2. The van der Waals surface area contributed by atoms with Crippen molar-refractivity contribution < 1.29 is 9.90 Å². The molecule has 3 rings (SSSR count). The van der Waals surface area contributed by atoms with E-state index in [1.54, 1.807) is 0 Å². The molecule has 1 saturated heterocycles. The van der Waals surface area contributed by atoms with Crippen molar-refractivity contribution in [3.63, 3.8) is 0 Å². The molecule has 1 aliphatic heterocycles. The van der Waals surface area contributed by atoms with Gasteiger partial charge in [-0.2, -0.15) is 0 Å². The summed E-state index contributed by atoms with van der Waals surface area (Å²) in [5, 5.41) is 14.0. The Morgan fingerprint density at radius 3 is 2.87 bits per heavy atom. The van der Waals surface area contributed by atoms with Gasteiger partial charge in [-0.25, -0.2) is 0 Å². The van der Waals surface area contributed by atoms with E-state index >= 15 is 0 Å². The van der Waals surface area contributed by atoms with Gasteiger partial charge < -0.3 is 20.3 Å². The number of likely N-dealkylation sites (tertiary alicyclic amines) is 1. The molecule has 1 aliphatic rings. The number of fused-ring (bicyclic) bond motifs is 1. The molecule has 0 radical (unpaired) electrons. The van der Waals surface area contributed by atoms with Crippen LogP contribution in [0.15, 0.2) is 30.3 Å². The van der Waals surface area contributed by atoms with Crippen LogP contribution in [0.4, 0.5) is 0 Å². The largest absolute Gasteiger partial charge is 0.390 e. The fourth-order valence-electron chi connectivity index (χ4n) is 3.11. The number of β-amino-alcohol motifs (C(OH)–C–C–N with tert-alkyl or cyclic N) is 1. The van der Waals surface area contributed by atoms with Gasteiger partial charge in [-0.05, 0) is 44.0 Å². The summed E-state index contributed by atoms with van der Waals surface area (Å²) < 4.78 is 0. The second-order valence-corrected chi connectivity index (χ2v) is 6.62. The lowest BCUT2D eigenvalue weighted by Gasteiger charge is -2.31. The van der Waals surface area contributed by atoms with Crippen molar-refractivity contribution in [2.45, 2.75) is 25.9 Å². The highest BCUT2D eigenvalue weighted by Crippen LogP contribution is 2.16. The van der Waals surface area contributed by atoms with E-state index in [0.29, 0.717) is 12.2 Å². The number of carbonyl (C=O) groups excluding carboxylic acids is 1. The molecule has 0 aliphatic carbocycles. The monoisotopic (exact) mass is 315 g/mol. The van der Waals surface area contributed by atoms with Crippen molar-refractivity contribution in [1.82, 2.24) is 15.2 Å². The Balaban J connectivity index is 1.48. The second-order valence-electron chi connectivity index (χ2n) is 6.62. The Morgan fingerprint density at radius 1 is 1.39 bits per heavy atom. The van der Waals surface area contributed by atoms with Crippen LogP contribution in [-0.4, -0.2) is 53.2 Å². The van der Waals surface area contributed by atoms with E-state index in [1.165, 1.54) is 12.8 Å². The third-order valence-electron chi connectivity index (χ3n) is 4.62. The molecule has 5 heteroatoms. The molecule has 1 aromatic heterocycles. The number of amides is 1. The fraction of sp³-hybridized carbons (Fsp3) is 0.500. The normalized spacial score (nSPS) is 18.2. The summed E-state index contributed by atoms with van der Waals surface area (Å²) in [5.74, 6) is 0.609. The van der Waals surface area contributed by atoms with Gasteiger partial charge in [0.05, 0.1) is 6.10 Å². The number of benzene rings is 1. The quantitative estimate of drug-likeness (QED) is 0.790. The van der Waals surface area contributed by atoms with E-state index in [1.807, 2.05) is 30.3 Å². The summed E-state index contributed by atoms with van der Waals surface area (Å²) in [5.41, 5.74) is 1.48. The van der Waals surface area contributed by atoms with E-state index < -0.39 is 6.10 Å². The summed E-state index contributed by atoms with van der Waals surface area (Å²) in [7, 11) is 0. The third-order valence-corrected chi connectivity index (χ3v) is 4.62. The van der Waals surface area contributed by atoms with Crippen LogP contribution in [0, 0.1) is 5.92 Å². The number of aromatic amines is 1. The van der Waals surface area contributed by atoms with Crippen molar-refractivity contribution in [1.29, 1.82) is 0 Å². The number of carbonyl (C=O) groups is 1. The summed E-state index contributed by atoms with van der Waals surface area (Å²) >= 11 is 0. The standard InChI is InChI=1S/C18H25N3O2/c1-13-6-8-21(9-7-13)12-15(22)11-19-18(23)17-10-14-4-2-3-5-16(14)20-17/h2-5,10,13,15,20,22H,6-9,11-12H2,1H3,(H,19,23). The lowest BCUT2D eigenvalue weighted by molar-refractivity contribution is 0.0793. The minimum Gasteiger partial charge on any atom is -0.390 e. The molecular weight excluding hydrogens is 290 g/mol. The third kappa shape index (κ3) is 4.12. The summed E-state index contributed by atoms with van der Waals surface area (Å²) in [6, 6.07) is 9.63. The molecule has 1 amide bonds. The SMILES string of the molecule is CC1CCN(CC(O)CNC(=O)c2cc3ccccc3[nH]2)CC1. The number of hydrogen-bond acceptors (Lipinski definition) is 3. The number of rotatable bonds is 5. The number of aliphatic hydroxyl groups is 1. The average Bonchev–Trinajstić information content (AvgIpc) is 2.99. The predicted octanol–water partition coefficient (Wildman–Crippen LogP) is 1.99. The zero-order valence-corrected chi connectivity index (χ0v) is 13.6. The van der Waals surface area contributed by atoms with Crippen LogP contribution in [0.3, 0.4) is 0 Å². The van der Waals surface area contributed by atoms with Gasteiger partial charge in [-0.15, -0.1) is 0 Å². The molecular formula is C18H25N3O2. The fourth-order valence-corrected chi connectivity index (χ4v) is 3.11. The predicted molar refractivity (Wildman–Crippen MR) is 91.5 cm³/mol. The molecule has 0 spiro atoms. The first-order chi connectivity index (χ1) is 11.1. The molecule has 1 fully saturated rings. The number of aliphatic hydroxyl groups excluding tert-OH is 1. The zero-order valence-electron chi connectivity index (χ0n) is 13.6. The number of hydrogen-bond donors (Lipinski definition) is 3. The van der Waals surface area contributed by atoms with E-state index in [4.69, 9.17) is 0 Å². The van der Waals surface area contributed by atoms with Crippen LogP contribution >= 0.6 is 0 Å². The van der Waals surface area contributed by atoms with Gasteiger partial charge in [0.1, 0.15) is 5.69 Å². The van der Waals surface area contributed by atoms with Crippen LogP contribution in [-0.2, 0) is 0 Å². The van der Waals surface area contributed by atoms with Gasteiger partial charge in [-0.1, -0.05) is 25.1 Å². The lowest BCUT2D eigenvalue weighted by Crippen LogP contribution is -2.43. The Hall–Kier alpha value is -1.85. The van der Waals surface area contributed by atoms with Crippen molar-refractivity contribution in [3.8, 4) is 0 Å². The lowest BCUT2D eigenvalue weighted by atomic mass is 9.99. The number of nitrogens with one attached hydrogen (secondary N) is 2. The van der Waals surface area contributed by atoms with Gasteiger partial charge in [0.15, 0.2) is 0 Å². The minimum absolute atomic E-state index is 0.174. The molecule has 1 atom stereocenters. The van der Waals surface area contributed by atoms with Crippen molar-refractivity contribution in [3.05, 3.63) is 36.0 Å². The van der Waals surface area contributed by atoms with Crippen molar-refractivity contribution >= 4 is 16.8 Å². The summed E-state index contributed by atoms with van der Waals surface area (Å²) in [4.78, 5) is 17.6. The molecule has 124 valence electrons. The van der Waals surface area contributed by atoms with Crippen molar-refractivity contribution in [2.75, 3.05) is 26.2 Å². The molecule has 1 unspecified atom stereocenters. The van der Waals surface area contributed by atoms with E-state index in [0.717, 1.165) is 29.9 Å². The average molecular weight is 315 g/mol. The maximum absolute atomic E-state index is 12.2. The Morgan fingerprint density at radius 2 is 2.13 bits per heavy atom. The number of H-pyrrole nitrogens is 1. The van der Waals surface area contributed by atoms with Crippen LogP contribution < -0.4 is 5.32 Å². The summed E-state index contributed by atoms with van der Waals surface area (Å²) in [6.45, 7) is 5.25. The van der Waals surface area contributed by atoms with E-state index in [9.17, 15) is 9.90 Å². The van der Waals surface area contributed by atoms with Crippen molar-refractivity contribution in [2.24, 2.45) is 5.92 Å². The van der Waals surface area contributed by atoms with Gasteiger partial charge in [0.25, 0.3) is 5.91 Å². The first-order valence-corrected chi connectivity index (χ1v) is 8.38. The molecule has 5 nitrogen and oxygen atoms in total. The maximum atomic E-state index is 12.2.